The molecule has 0 unspecified atom stereocenters. The van der Waals surface area contributed by atoms with Gasteiger partial charge >= 0.3 is 6.18 Å². The van der Waals surface area contributed by atoms with E-state index in [9.17, 15) is 26.4 Å². The molecule has 1 heterocycles. The van der Waals surface area contributed by atoms with Gasteiger partial charge in [0.1, 0.15) is 12.4 Å². The van der Waals surface area contributed by atoms with Gasteiger partial charge in [-0.2, -0.15) is 17.5 Å². The van der Waals surface area contributed by atoms with Crippen LogP contribution >= 0.6 is 11.6 Å². The number of imidazole rings is 1. The molecule has 0 aliphatic heterocycles. The minimum atomic E-state index is -4.44. The second kappa shape index (κ2) is 8.94. The minimum Gasteiger partial charge on any atom is -0.334 e. The summed E-state index contributed by atoms with van der Waals surface area (Å²) in [6.07, 6.45) is -2.06. The van der Waals surface area contributed by atoms with Crippen LogP contribution in [-0.4, -0.2) is 59.4 Å². The van der Waals surface area contributed by atoms with Crippen LogP contribution in [0.15, 0.2) is 35.5 Å². The molecule has 0 radical (unpaired) electrons. The van der Waals surface area contributed by atoms with E-state index in [0.717, 1.165) is 19.8 Å². The molecule has 0 aliphatic rings. The first-order valence-corrected chi connectivity index (χ1v) is 10.7. The third kappa shape index (κ3) is 5.52. The van der Waals surface area contributed by atoms with E-state index in [1.165, 1.54) is 38.6 Å². The number of benzene rings is 1. The predicted molar refractivity (Wildman–Crippen MR) is 106 cm³/mol. The predicted octanol–water partition coefficient (Wildman–Crippen LogP) is 3.40. The van der Waals surface area contributed by atoms with Gasteiger partial charge in [-0.25, -0.2) is 13.4 Å². The Morgan fingerprint density at radius 1 is 1.27 bits per heavy atom. The van der Waals surface area contributed by atoms with Gasteiger partial charge in [-0.15, -0.1) is 0 Å². The van der Waals surface area contributed by atoms with Gasteiger partial charge in [0.15, 0.2) is 0 Å². The third-order valence-corrected chi connectivity index (χ3v) is 6.81. The van der Waals surface area contributed by atoms with E-state index in [4.69, 9.17) is 11.6 Å². The van der Waals surface area contributed by atoms with Crippen molar-refractivity contribution in [2.75, 3.05) is 14.1 Å². The molecule has 0 spiro atoms. The highest BCUT2D eigenvalue weighted by Gasteiger charge is 2.30. The van der Waals surface area contributed by atoms with Gasteiger partial charge in [0.25, 0.3) is 5.91 Å². The molecule has 0 saturated carbocycles. The van der Waals surface area contributed by atoms with E-state index in [1.807, 2.05) is 0 Å². The van der Waals surface area contributed by atoms with Crippen LogP contribution in [0.2, 0.25) is 5.02 Å². The van der Waals surface area contributed by atoms with Gasteiger partial charge in [0.05, 0.1) is 22.0 Å². The molecule has 166 valence electrons. The Morgan fingerprint density at radius 3 is 2.47 bits per heavy atom. The fraction of sp³-hybridized carbons (Fsp3) is 0.444. The number of hydrogen-bond acceptors (Lipinski definition) is 4. The average molecular weight is 467 g/mol. The molecule has 1 amide bonds. The van der Waals surface area contributed by atoms with Gasteiger partial charge in [-0.1, -0.05) is 11.6 Å². The van der Waals surface area contributed by atoms with Gasteiger partial charge in [-0.3, -0.25) is 4.79 Å². The van der Waals surface area contributed by atoms with Crippen molar-refractivity contribution in [3.05, 3.63) is 47.0 Å². The van der Waals surface area contributed by atoms with Gasteiger partial charge < -0.3 is 9.47 Å². The van der Waals surface area contributed by atoms with Crippen LogP contribution in [0.1, 0.15) is 30.0 Å². The molecule has 7 nitrogen and oxygen atoms in total. The van der Waals surface area contributed by atoms with Crippen LogP contribution in [0.25, 0.3) is 0 Å². The number of alkyl halides is 3. The summed E-state index contributed by atoms with van der Waals surface area (Å²) in [7, 11) is -1.06. The lowest BCUT2D eigenvalue weighted by molar-refractivity contribution is -0.141. The Labute approximate surface area is 178 Å². The summed E-state index contributed by atoms with van der Waals surface area (Å²) >= 11 is 6.10. The highest BCUT2D eigenvalue weighted by atomic mass is 35.5. The Kier molecular flexibility index (Phi) is 7.20. The number of carbonyl (C=O) groups excluding carboxylic acids is 1. The summed E-state index contributed by atoms with van der Waals surface area (Å²) in [5.74, 6) is -0.617. The van der Waals surface area contributed by atoms with E-state index >= 15 is 0 Å². The lowest BCUT2D eigenvalue weighted by Crippen LogP contribution is -2.33. The number of carbonyl (C=O) groups is 1. The van der Waals surface area contributed by atoms with E-state index in [1.54, 1.807) is 13.8 Å². The molecule has 1 aromatic carbocycles. The molecule has 30 heavy (non-hydrogen) atoms. The van der Waals surface area contributed by atoms with Crippen molar-refractivity contribution in [3.63, 3.8) is 0 Å². The normalized spacial score (nSPS) is 12.6. The molecule has 2 aromatic rings. The van der Waals surface area contributed by atoms with Crippen LogP contribution < -0.4 is 0 Å². The van der Waals surface area contributed by atoms with Crippen LogP contribution in [0, 0.1) is 0 Å². The minimum absolute atomic E-state index is 0.0247. The molecular weight excluding hydrogens is 445 g/mol. The molecule has 0 saturated heterocycles. The second-order valence-electron chi connectivity index (χ2n) is 7.00. The van der Waals surface area contributed by atoms with Gasteiger partial charge in [0.2, 0.25) is 10.0 Å². The van der Waals surface area contributed by atoms with Gasteiger partial charge in [0, 0.05) is 32.5 Å². The molecule has 0 fully saturated rings. The maximum atomic E-state index is 12.8. The smallest absolute Gasteiger partial charge is 0.334 e. The average Bonchev–Trinajstić information content (AvgIpc) is 3.05. The maximum Gasteiger partial charge on any atom is 0.406 e. The monoisotopic (exact) mass is 466 g/mol. The van der Waals surface area contributed by atoms with Crippen molar-refractivity contribution in [1.29, 1.82) is 0 Å². The number of hydrogen-bond donors (Lipinski definition) is 0. The summed E-state index contributed by atoms with van der Waals surface area (Å²) in [5.41, 5.74) is -0.0775. The number of rotatable bonds is 7. The Hall–Kier alpha value is -2.11. The van der Waals surface area contributed by atoms with Crippen molar-refractivity contribution in [2.45, 2.75) is 44.1 Å². The fourth-order valence-corrected chi connectivity index (χ4v) is 4.18. The van der Waals surface area contributed by atoms with Crippen molar-refractivity contribution in [2.24, 2.45) is 0 Å². The Balaban J connectivity index is 2.30. The van der Waals surface area contributed by atoms with Crippen LogP contribution in [0.4, 0.5) is 13.2 Å². The summed E-state index contributed by atoms with van der Waals surface area (Å²) in [6, 6.07) is 3.45. The molecular formula is C18H22ClF3N4O3S. The highest BCUT2D eigenvalue weighted by molar-refractivity contribution is 7.89. The molecule has 0 N–H and O–H groups in total. The lowest BCUT2D eigenvalue weighted by Gasteiger charge is -2.22. The standard InChI is InChI=1S/C18H22ClF3N4O3S/c1-12(2)25(4)30(28,29)13-5-6-15(19)14(9-13)17(27)24(3)10-16-23-7-8-26(16)11-18(20,21)22/h5-9,12H,10-11H2,1-4H3. The molecule has 0 bridgehead atoms. The van der Waals surface area contributed by atoms with Crippen molar-refractivity contribution in [1.82, 2.24) is 18.8 Å². The molecule has 0 aliphatic carbocycles. The largest absolute Gasteiger partial charge is 0.406 e. The zero-order chi connectivity index (χ0) is 22.9. The first-order valence-electron chi connectivity index (χ1n) is 8.84. The summed E-state index contributed by atoms with van der Waals surface area (Å²) in [4.78, 5) is 17.7. The quantitative estimate of drug-likeness (QED) is 0.626. The SMILES string of the molecule is CC(C)N(C)S(=O)(=O)c1ccc(Cl)c(C(=O)N(C)Cc2nccn2CC(F)(F)F)c1. The maximum absolute atomic E-state index is 12.8. The van der Waals surface area contributed by atoms with Crippen LogP contribution in [0.3, 0.4) is 0 Å². The number of halogens is 4. The summed E-state index contributed by atoms with van der Waals surface area (Å²) < 4.78 is 65.5. The van der Waals surface area contributed by atoms with E-state index in [2.05, 4.69) is 4.98 Å². The lowest BCUT2D eigenvalue weighted by atomic mass is 10.2. The Bertz CT molecular complexity index is 1020. The first-order chi connectivity index (χ1) is 13.7. The van der Waals surface area contributed by atoms with Crippen molar-refractivity contribution in [3.8, 4) is 0 Å². The summed E-state index contributed by atoms with van der Waals surface area (Å²) in [6.45, 7) is 1.95. The van der Waals surface area contributed by atoms with E-state index in [0.29, 0.717) is 0 Å². The van der Waals surface area contributed by atoms with Crippen molar-refractivity contribution >= 4 is 27.5 Å². The molecule has 12 heteroatoms. The van der Waals surface area contributed by atoms with Crippen LogP contribution in [-0.2, 0) is 23.1 Å². The first kappa shape index (κ1) is 24.2. The Morgan fingerprint density at radius 2 is 1.90 bits per heavy atom. The zero-order valence-electron chi connectivity index (χ0n) is 16.8. The van der Waals surface area contributed by atoms with Crippen molar-refractivity contribution < 1.29 is 26.4 Å². The molecule has 2 rings (SSSR count). The number of aromatic nitrogens is 2. The highest BCUT2D eigenvalue weighted by Crippen LogP contribution is 2.25. The molecule has 1 aromatic heterocycles. The topological polar surface area (TPSA) is 75.5 Å². The van der Waals surface area contributed by atoms with E-state index in [-0.39, 0.29) is 33.9 Å². The fourth-order valence-electron chi connectivity index (χ4n) is 2.59. The number of amides is 1. The molecule has 0 atom stereocenters. The third-order valence-electron chi connectivity index (χ3n) is 4.45. The second-order valence-corrected chi connectivity index (χ2v) is 9.41. The summed E-state index contributed by atoms with van der Waals surface area (Å²) in [5, 5.41) is 0.0247. The number of nitrogens with zero attached hydrogens (tertiary/aromatic N) is 4. The van der Waals surface area contributed by atoms with E-state index < -0.39 is 28.7 Å². The zero-order valence-corrected chi connectivity index (χ0v) is 18.4. The number of sulfonamides is 1. The van der Waals surface area contributed by atoms with Crippen LogP contribution in [0.5, 0.6) is 0 Å². The van der Waals surface area contributed by atoms with Gasteiger partial charge in [-0.05, 0) is 32.0 Å².